The van der Waals surface area contributed by atoms with E-state index in [9.17, 15) is 9.18 Å². The number of fused-ring (bicyclic) bond motifs is 3. The Balaban J connectivity index is 1.50. The number of aromatic nitrogens is 4. The quantitative estimate of drug-likeness (QED) is 0.522. The fourth-order valence-electron chi connectivity index (χ4n) is 2.91. The van der Waals surface area contributed by atoms with Crippen LogP contribution >= 0.6 is 11.8 Å². The molecule has 4 rings (SSSR count). The van der Waals surface area contributed by atoms with E-state index in [1.807, 2.05) is 32.0 Å². The first-order valence-corrected chi connectivity index (χ1v) is 9.30. The van der Waals surface area contributed by atoms with Gasteiger partial charge in [-0.3, -0.25) is 4.79 Å². The second-order valence-electron chi connectivity index (χ2n) is 6.21. The zero-order chi connectivity index (χ0) is 19.0. The van der Waals surface area contributed by atoms with Gasteiger partial charge in [-0.25, -0.2) is 9.37 Å². The molecule has 2 N–H and O–H groups in total. The molecule has 0 atom stereocenters. The van der Waals surface area contributed by atoms with Crippen molar-refractivity contribution >= 4 is 45.4 Å². The van der Waals surface area contributed by atoms with Crippen LogP contribution in [0, 0.1) is 19.7 Å². The molecule has 0 saturated heterocycles. The van der Waals surface area contributed by atoms with Gasteiger partial charge < -0.3 is 10.3 Å². The van der Waals surface area contributed by atoms with E-state index in [-0.39, 0.29) is 17.5 Å². The third-order valence-corrected chi connectivity index (χ3v) is 5.07. The van der Waals surface area contributed by atoms with Crippen LogP contribution in [0.4, 0.5) is 10.1 Å². The summed E-state index contributed by atoms with van der Waals surface area (Å²) < 4.78 is 13.4. The molecule has 0 aliphatic rings. The van der Waals surface area contributed by atoms with Gasteiger partial charge in [0.1, 0.15) is 11.3 Å². The number of anilines is 1. The van der Waals surface area contributed by atoms with Crippen molar-refractivity contribution in [2.45, 2.75) is 19.0 Å². The predicted molar refractivity (Wildman–Crippen MR) is 104 cm³/mol. The number of hydrogen-bond acceptors (Lipinski definition) is 5. The maximum atomic E-state index is 13.4. The average molecular weight is 381 g/mol. The van der Waals surface area contributed by atoms with Crippen LogP contribution in [-0.4, -0.2) is 31.8 Å². The molecule has 0 bridgehead atoms. The normalized spacial score (nSPS) is 11.2. The standard InChI is InChI=1S/C19H16FN5OS/c1-10-4-3-5-11(2)16(10)22-15(26)9-27-19-23-18-17(24-25-19)13-8-12(20)6-7-14(13)21-18/h3-8H,9H2,1-2H3,(H,22,26)(H,21,23,25). The highest BCUT2D eigenvalue weighted by atomic mass is 32.2. The molecular weight excluding hydrogens is 365 g/mol. The number of para-hydroxylation sites is 1. The summed E-state index contributed by atoms with van der Waals surface area (Å²) >= 11 is 1.20. The van der Waals surface area contributed by atoms with Crippen LogP contribution in [0.2, 0.25) is 0 Å². The molecule has 0 saturated carbocycles. The Labute approximate surface area is 158 Å². The number of hydrogen-bond donors (Lipinski definition) is 2. The molecule has 1 amide bonds. The lowest BCUT2D eigenvalue weighted by molar-refractivity contribution is -0.113. The highest BCUT2D eigenvalue weighted by Crippen LogP contribution is 2.25. The van der Waals surface area contributed by atoms with E-state index in [1.54, 1.807) is 6.07 Å². The molecule has 6 nitrogen and oxygen atoms in total. The first kappa shape index (κ1) is 17.4. The van der Waals surface area contributed by atoms with Crippen LogP contribution in [-0.2, 0) is 4.79 Å². The average Bonchev–Trinajstić information content (AvgIpc) is 3.00. The van der Waals surface area contributed by atoms with E-state index in [1.165, 1.54) is 23.9 Å². The number of nitrogens with zero attached hydrogens (tertiary/aromatic N) is 3. The fraction of sp³-hybridized carbons (Fsp3) is 0.158. The van der Waals surface area contributed by atoms with Crippen molar-refractivity contribution in [2.24, 2.45) is 0 Å². The minimum absolute atomic E-state index is 0.139. The zero-order valence-electron chi connectivity index (χ0n) is 14.7. The molecule has 0 radical (unpaired) electrons. The first-order chi connectivity index (χ1) is 13.0. The van der Waals surface area contributed by atoms with E-state index in [4.69, 9.17) is 0 Å². The Kier molecular flexibility index (Phi) is 4.49. The number of aromatic amines is 1. The maximum Gasteiger partial charge on any atom is 0.234 e. The second-order valence-corrected chi connectivity index (χ2v) is 7.15. The summed E-state index contributed by atoms with van der Waals surface area (Å²) in [5.41, 5.74) is 4.62. The van der Waals surface area contributed by atoms with Gasteiger partial charge in [-0.1, -0.05) is 30.0 Å². The van der Waals surface area contributed by atoms with Crippen molar-refractivity contribution in [3.05, 3.63) is 53.3 Å². The number of carbonyl (C=O) groups is 1. The van der Waals surface area contributed by atoms with Crippen LogP contribution in [0.3, 0.4) is 0 Å². The molecule has 2 aromatic carbocycles. The van der Waals surface area contributed by atoms with Gasteiger partial charge in [-0.15, -0.1) is 10.2 Å². The maximum absolute atomic E-state index is 13.4. The van der Waals surface area contributed by atoms with Gasteiger partial charge in [-0.05, 0) is 43.2 Å². The van der Waals surface area contributed by atoms with Crippen molar-refractivity contribution in [3.63, 3.8) is 0 Å². The minimum Gasteiger partial charge on any atom is -0.338 e. The zero-order valence-corrected chi connectivity index (χ0v) is 15.5. The van der Waals surface area contributed by atoms with Crippen molar-refractivity contribution in [1.29, 1.82) is 0 Å². The molecular formula is C19H16FN5OS. The van der Waals surface area contributed by atoms with Gasteiger partial charge in [-0.2, -0.15) is 0 Å². The van der Waals surface area contributed by atoms with E-state index in [0.29, 0.717) is 21.7 Å². The third kappa shape index (κ3) is 3.48. The van der Waals surface area contributed by atoms with Gasteiger partial charge in [0.2, 0.25) is 11.1 Å². The van der Waals surface area contributed by atoms with Crippen LogP contribution in [0.1, 0.15) is 11.1 Å². The van der Waals surface area contributed by atoms with Gasteiger partial charge >= 0.3 is 0 Å². The van der Waals surface area contributed by atoms with E-state index >= 15 is 0 Å². The smallest absolute Gasteiger partial charge is 0.234 e. The number of H-pyrrole nitrogens is 1. The number of rotatable bonds is 4. The molecule has 0 fully saturated rings. The van der Waals surface area contributed by atoms with Crippen molar-refractivity contribution in [3.8, 4) is 0 Å². The molecule has 2 aromatic heterocycles. The van der Waals surface area contributed by atoms with Crippen molar-refractivity contribution < 1.29 is 9.18 Å². The monoisotopic (exact) mass is 381 g/mol. The van der Waals surface area contributed by atoms with Gasteiger partial charge in [0.05, 0.1) is 5.75 Å². The summed E-state index contributed by atoms with van der Waals surface area (Å²) in [7, 11) is 0. The number of carbonyl (C=O) groups excluding carboxylic acids is 1. The summed E-state index contributed by atoms with van der Waals surface area (Å²) in [5.74, 6) is -0.317. The molecule has 0 spiro atoms. The summed E-state index contributed by atoms with van der Waals surface area (Å²) in [6, 6.07) is 10.3. The van der Waals surface area contributed by atoms with Gasteiger partial charge in [0.25, 0.3) is 0 Å². The number of benzene rings is 2. The number of thioether (sulfide) groups is 1. The van der Waals surface area contributed by atoms with Crippen LogP contribution in [0.15, 0.2) is 41.6 Å². The van der Waals surface area contributed by atoms with Gasteiger partial charge in [0.15, 0.2) is 5.65 Å². The first-order valence-electron chi connectivity index (χ1n) is 8.32. The van der Waals surface area contributed by atoms with Crippen LogP contribution in [0.25, 0.3) is 22.1 Å². The highest BCUT2D eigenvalue weighted by molar-refractivity contribution is 7.99. The Hall–Kier alpha value is -3.00. The summed E-state index contributed by atoms with van der Waals surface area (Å²) in [4.78, 5) is 19.8. The lowest BCUT2D eigenvalue weighted by atomic mass is 10.1. The highest BCUT2D eigenvalue weighted by Gasteiger charge is 2.12. The summed E-state index contributed by atoms with van der Waals surface area (Å²) in [6.45, 7) is 3.91. The summed E-state index contributed by atoms with van der Waals surface area (Å²) in [5, 5.41) is 12.1. The molecule has 2 heterocycles. The fourth-order valence-corrected chi connectivity index (χ4v) is 3.49. The minimum atomic E-state index is -0.341. The van der Waals surface area contributed by atoms with E-state index in [0.717, 1.165) is 22.3 Å². The Morgan fingerprint density at radius 2 is 1.96 bits per heavy atom. The number of aryl methyl sites for hydroxylation is 2. The number of amides is 1. The lowest BCUT2D eigenvalue weighted by Gasteiger charge is -2.10. The molecule has 0 unspecified atom stereocenters. The topological polar surface area (TPSA) is 83.6 Å². The van der Waals surface area contributed by atoms with Crippen molar-refractivity contribution in [1.82, 2.24) is 20.2 Å². The predicted octanol–water partition coefficient (Wildman–Crippen LogP) is 3.99. The van der Waals surface area contributed by atoms with E-state index in [2.05, 4.69) is 25.5 Å². The second kappa shape index (κ2) is 6.96. The van der Waals surface area contributed by atoms with Crippen LogP contribution < -0.4 is 5.32 Å². The Bertz CT molecular complexity index is 1150. The molecule has 8 heteroatoms. The number of nitrogens with one attached hydrogen (secondary N) is 2. The Morgan fingerprint density at radius 1 is 1.19 bits per heavy atom. The number of halogens is 1. The van der Waals surface area contributed by atoms with Crippen LogP contribution in [0.5, 0.6) is 0 Å². The largest absolute Gasteiger partial charge is 0.338 e. The SMILES string of the molecule is Cc1cccc(C)c1NC(=O)CSc1nnc2c(n1)[nH]c1ccc(F)cc12. The molecule has 4 aromatic rings. The summed E-state index contributed by atoms with van der Waals surface area (Å²) in [6.07, 6.45) is 0. The molecule has 27 heavy (non-hydrogen) atoms. The Morgan fingerprint density at radius 3 is 2.74 bits per heavy atom. The molecule has 0 aliphatic heterocycles. The lowest BCUT2D eigenvalue weighted by Crippen LogP contribution is -2.16. The molecule has 136 valence electrons. The van der Waals surface area contributed by atoms with Gasteiger partial charge in [0, 0.05) is 16.6 Å². The molecule has 0 aliphatic carbocycles. The van der Waals surface area contributed by atoms with E-state index < -0.39 is 0 Å². The third-order valence-electron chi connectivity index (χ3n) is 4.24. The van der Waals surface area contributed by atoms with Crippen molar-refractivity contribution in [2.75, 3.05) is 11.1 Å².